The normalized spacial score (nSPS) is 17.8. The first-order valence-electron chi connectivity index (χ1n) is 4.01. The number of nitrogens with one attached hydrogen (secondary N) is 1. The van der Waals surface area contributed by atoms with Crippen LogP contribution in [0.3, 0.4) is 0 Å². The number of carbonyl (C=O) groups is 1. The molecule has 6 heteroatoms. The zero-order valence-electron chi connectivity index (χ0n) is 7.95. The summed E-state index contributed by atoms with van der Waals surface area (Å²) in [7, 11) is -0.841. The molecule has 0 heterocycles. The predicted octanol–water partition coefficient (Wildman–Crippen LogP) is -1.84. The van der Waals surface area contributed by atoms with Gasteiger partial charge in [-0.1, -0.05) is 0 Å². The second-order valence-electron chi connectivity index (χ2n) is 3.06. The van der Waals surface area contributed by atoms with Crippen molar-refractivity contribution in [2.75, 3.05) is 18.6 Å². The molecule has 0 aromatic carbocycles. The van der Waals surface area contributed by atoms with Crippen LogP contribution < -0.4 is 16.8 Å². The Bertz CT molecular complexity index is 198. The van der Waals surface area contributed by atoms with E-state index in [0.29, 0.717) is 12.3 Å². The molecule has 0 aromatic rings. The summed E-state index contributed by atoms with van der Waals surface area (Å²) in [5.74, 6) is 0.0168. The number of carbonyl (C=O) groups excluding carboxylic acids is 1. The third-order valence-corrected chi connectivity index (χ3v) is 2.51. The molecule has 0 aliphatic rings. The van der Waals surface area contributed by atoms with E-state index in [1.165, 1.54) is 0 Å². The molecular formula is C7H17N3O2S. The van der Waals surface area contributed by atoms with Crippen molar-refractivity contribution in [3.63, 3.8) is 0 Å². The van der Waals surface area contributed by atoms with Crippen LogP contribution >= 0.6 is 0 Å². The second-order valence-corrected chi connectivity index (χ2v) is 4.54. The number of primary amides is 1. The molecule has 0 rings (SSSR count). The van der Waals surface area contributed by atoms with E-state index in [0.717, 1.165) is 0 Å². The molecule has 5 nitrogen and oxygen atoms in total. The Morgan fingerprint density at radius 1 is 1.62 bits per heavy atom. The van der Waals surface area contributed by atoms with Crippen molar-refractivity contribution in [2.45, 2.75) is 19.0 Å². The average molecular weight is 207 g/mol. The maximum Gasteiger partial charge on any atom is 0.235 e. The van der Waals surface area contributed by atoms with Crippen LogP contribution in [0.1, 0.15) is 6.92 Å². The van der Waals surface area contributed by atoms with Gasteiger partial charge in [-0.15, -0.1) is 0 Å². The number of hydrogen-bond donors (Lipinski definition) is 3. The lowest BCUT2D eigenvalue weighted by Crippen LogP contribution is -2.47. The molecule has 0 aliphatic heterocycles. The summed E-state index contributed by atoms with van der Waals surface area (Å²) in [6.45, 7) is 2.21. The molecule has 0 saturated heterocycles. The Morgan fingerprint density at radius 3 is 2.54 bits per heavy atom. The van der Waals surface area contributed by atoms with Crippen LogP contribution in [0.4, 0.5) is 0 Å². The van der Waals surface area contributed by atoms with E-state index in [1.807, 2.05) is 6.92 Å². The zero-order chi connectivity index (χ0) is 10.4. The first-order chi connectivity index (χ1) is 5.93. The number of hydrogen-bond acceptors (Lipinski definition) is 4. The Kier molecular flexibility index (Phi) is 5.85. The average Bonchev–Trinajstić information content (AvgIpc) is 1.98. The van der Waals surface area contributed by atoms with Crippen molar-refractivity contribution in [1.29, 1.82) is 0 Å². The van der Waals surface area contributed by atoms with Crippen molar-refractivity contribution in [3.8, 4) is 0 Å². The lowest BCUT2D eigenvalue weighted by atomic mass is 10.3. The zero-order valence-corrected chi connectivity index (χ0v) is 8.76. The highest BCUT2D eigenvalue weighted by atomic mass is 32.2. The fourth-order valence-electron chi connectivity index (χ4n) is 0.840. The molecule has 0 fully saturated rings. The second kappa shape index (κ2) is 6.06. The van der Waals surface area contributed by atoms with E-state index in [9.17, 15) is 9.00 Å². The summed E-state index contributed by atoms with van der Waals surface area (Å²) >= 11 is 0. The van der Waals surface area contributed by atoms with E-state index < -0.39 is 22.7 Å². The molecule has 78 valence electrons. The minimum atomic E-state index is -0.841. The fourth-order valence-corrected chi connectivity index (χ4v) is 1.66. The highest BCUT2D eigenvalue weighted by molar-refractivity contribution is 7.84. The molecular weight excluding hydrogens is 190 g/mol. The van der Waals surface area contributed by atoms with Gasteiger partial charge in [0.2, 0.25) is 5.91 Å². The minimum absolute atomic E-state index is 0.0798. The Labute approximate surface area is 80.7 Å². The van der Waals surface area contributed by atoms with Gasteiger partial charge in [0, 0.05) is 35.4 Å². The predicted molar refractivity (Wildman–Crippen MR) is 53.6 cm³/mol. The number of nitrogens with two attached hydrogens (primary N) is 2. The molecule has 3 atom stereocenters. The third kappa shape index (κ3) is 6.68. The smallest absolute Gasteiger partial charge is 0.235 e. The standard InChI is InChI=1S/C7H17N3O2S/c1-5(4-13(2)12)10-3-6(8)7(9)11/h5-6,10H,3-4,8H2,1-2H3,(H2,9,11). The van der Waals surface area contributed by atoms with Gasteiger partial charge in [0.1, 0.15) is 0 Å². The van der Waals surface area contributed by atoms with Gasteiger partial charge in [-0.3, -0.25) is 9.00 Å². The van der Waals surface area contributed by atoms with Gasteiger partial charge in [0.25, 0.3) is 0 Å². The van der Waals surface area contributed by atoms with Gasteiger partial charge in [0.15, 0.2) is 0 Å². The molecule has 0 aromatic heterocycles. The largest absolute Gasteiger partial charge is 0.368 e. The fraction of sp³-hybridized carbons (Fsp3) is 0.857. The first-order valence-corrected chi connectivity index (χ1v) is 5.74. The molecule has 0 spiro atoms. The van der Waals surface area contributed by atoms with E-state index in [4.69, 9.17) is 11.5 Å². The van der Waals surface area contributed by atoms with Crippen molar-refractivity contribution < 1.29 is 9.00 Å². The van der Waals surface area contributed by atoms with Crippen LogP contribution in [0.5, 0.6) is 0 Å². The maximum atomic E-state index is 10.8. The molecule has 5 N–H and O–H groups in total. The monoisotopic (exact) mass is 207 g/mol. The van der Waals surface area contributed by atoms with Crippen LogP contribution in [-0.4, -0.2) is 40.8 Å². The van der Waals surface area contributed by atoms with Crippen LogP contribution in [0, 0.1) is 0 Å². The minimum Gasteiger partial charge on any atom is -0.368 e. The Balaban J connectivity index is 3.63. The highest BCUT2D eigenvalue weighted by Gasteiger charge is 2.10. The quantitative estimate of drug-likeness (QED) is 0.476. The van der Waals surface area contributed by atoms with Crippen LogP contribution in [-0.2, 0) is 15.6 Å². The van der Waals surface area contributed by atoms with Crippen LogP contribution in [0.25, 0.3) is 0 Å². The van der Waals surface area contributed by atoms with Gasteiger partial charge in [-0.05, 0) is 6.92 Å². The number of amides is 1. The summed E-state index contributed by atoms with van der Waals surface area (Å²) in [5.41, 5.74) is 10.3. The summed E-state index contributed by atoms with van der Waals surface area (Å²) < 4.78 is 10.8. The molecule has 0 bridgehead atoms. The lowest BCUT2D eigenvalue weighted by Gasteiger charge is -2.14. The third-order valence-electron chi connectivity index (χ3n) is 1.54. The van der Waals surface area contributed by atoms with E-state index >= 15 is 0 Å². The Hall–Kier alpha value is -0.460. The highest BCUT2D eigenvalue weighted by Crippen LogP contribution is 1.85. The van der Waals surface area contributed by atoms with Crippen LogP contribution in [0.15, 0.2) is 0 Å². The first kappa shape index (κ1) is 12.5. The summed E-state index contributed by atoms with van der Waals surface area (Å²) in [4.78, 5) is 10.5. The lowest BCUT2D eigenvalue weighted by molar-refractivity contribution is -0.119. The summed E-state index contributed by atoms with van der Waals surface area (Å²) in [6.07, 6.45) is 1.63. The molecule has 1 amide bonds. The van der Waals surface area contributed by atoms with E-state index in [-0.39, 0.29) is 6.04 Å². The van der Waals surface area contributed by atoms with Gasteiger partial charge < -0.3 is 16.8 Å². The van der Waals surface area contributed by atoms with Gasteiger partial charge in [0.05, 0.1) is 6.04 Å². The Morgan fingerprint density at radius 2 is 2.15 bits per heavy atom. The van der Waals surface area contributed by atoms with E-state index in [2.05, 4.69) is 5.32 Å². The van der Waals surface area contributed by atoms with Gasteiger partial charge in [-0.25, -0.2) is 0 Å². The van der Waals surface area contributed by atoms with E-state index in [1.54, 1.807) is 6.26 Å². The van der Waals surface area contributed by atoms with Crippen molar-refractivity contribution in [3.05, 3.63) is 0 Å². The van der Waals surface area contributed by atoms with Crippen LogP contribution in [0.2, 0.25) is 0 Å². The molecule has 0 saturated carbocycles. The van der Waals surface area contributed by atoms with Gasteiger partial charge >= 0.3 is 0 Å². The molecule has 3 unspecified atom stereocenters. The van der Waals surface area contributed by atoms with Crippen molar-refractivity contribution in [1.82, 2.24) is 5.32 Å². The molecule has 0 radical (unpaired) electrons. The topological polar surface area (TPSA) is 98.2 Å². The van der Waals surface area contributed by atoms with Crippen molar-refractivity contribution in [2.24, 2.45) is 11.5 Å². The van der Waals surface area contributed by atoms with Gasteiger partial charge in [-0.2, -0.15) is 0 Å². The molecule has 13 heavy (non-hydrogen) atoms. The SMILES string of the molecule is CC(CS(C)=O)NCC(N)C(N)=O. The summed E-state index contributed by atoms with van der Waals surface area (Å²) in [5, 5.41) is 2.98. The number of rotatable bonds is 6. The van der Waals surface area contributed by atoms with Crippen molar-refractivity contribution >= 4 is 16.7 Å². The maximum absolute atomic E-state index is 10.8. The molecule has 0 aliphatic carbocycles. The summed E-state index contributed by atoms with van der Waals surface area (Å²) in [6, 6.07) is -0.594.